The molecule has 3 rings (SSSR count). The van der Waals surface area contributed by atoms with Gasteiger partial charge < -0.3 is 9.52 Å². The number of furan rings is 1. The Kier molecular flexibility index (Phi) is 2.67. The van der Waals surface area contributed by atoms with E-state index in [0.29, 0.717) is 5.92 Å². The summed E-state index contributed by atoms with van der Waals surface area (Å²) >= 11 is 0. The van der Waals surface area contributed by atoms with Gasteiger partial charge in [-0.1, -0.05) is 31.0 Å². The molecule has 2 nitrogen and oxygen atoms in total. The van der Waals surface area contributed by atoms with Gasteiger partial charge >= 0.3 is 0 Å². The van der Waals surface area contributed by atoms with E-state index < -0.39 is 0 Å². The summed E-state index contributed by atoms with van der Waals surface area (Å²) < 4.78 is 5.72. The van der Waals surface area contributed by atoms with Crippen molar-refractivity contribution in [2.75, 3.05) is 0 Å². The first-order valence-corrected chi connectivity index (χ1v) is 6.43. The van der Waals surface area contributed by atoms with Crippen LogP contribution in [-0.4, -0.2) is 5.11 Å². The Bertz CT molecular complexity index is 521. The zero-order chi connectivity index (χ0) is 11.8. The van der Waals surface area contributed by atoms with Gasteiger partial charge in [-0.25, -0.2) is 0 Å². The lowest BCUT2D eigenvalue weighted by molar-refractivity contribution is 0.111. The minimum absolute atomic E-state index is 0.360. The summed E-state index contributed by atoms with van der Waals surface area (Å²) in [6.07, 6.45) is 4.41. The fourth-order valence-electron chi connectivity index (χ4n) is 3.06. The summed E-state index contributed by atoms with van der Waals surface area (Å²) in [6.45, 7) is 1.95. The van der Waals surface area contributed by atoms with Crippen LogP contribution in [0.5, 0.6) is 0 Å². The van der Waals surface area contributed by atoms with Crippen LogP contribution in [0.25, 0.3) is 11.0 Å². The maximum atomic E-state index is 10.5. The number of hydrogen-bond donors (Lipinski definition) is 1. The van der Waals surface area contributed by atoms with Gasteiger partial charge in [-0.05, 0) is 31.7 Å². The van der Waals surface area contributed by atoms with Crippen molar-refractivity contribution in [3.63, 3.8) is 0 Å². The molecule has 17 heavy (non-hydrogen) atoms. The van der Waals surface area contributed by atoms with E-state index in [2.05, 4.69) is 0 Å². The number of aryl methyl sites for hydroxylation is 1. The molecule has 1 heterocycles. The van der Waals surface area contributed by atoms with Crippen molar-refractivity contribution >= 4 is 11.0 Å². The third kappa shape index (κ3) is 1.77. The number of aliphatic hydroxyl groups is 1. The van der Waals surface area contributed by atoms with Gasteiger partial charge in [0.05, 0.1) is 6.10 Å². The van der Waals surface area contributed by atoms with Crippen molar-refractivity contribution in [2.45, 2.75) is 38.7 Å². The minimum atomic E-state index is -0.360. The number of hydrogen-bond acceptors (Lipinski definition) is 2. The number of para-hydroxylation sites is 1. The topological polar surface area (TPSA) is 33.4 Å². The lowest BCUT2D eigenvalue weighted by atomic mass is 9.92. The van der Waals surface area contributed by atoms with Crippen LogP contribution >= 0.6 is 0 Å². The van der Waals surface area contributed by atoms with Crippen LogP contribution in [-0.2, 0) is 0 Å². The molecule has 0 amide bonds. The molecule has 0 bridgehead atoms. The first-order valence-electron chi connectivity index (χ1n) is 6.43. The summed E-state index contributed by atoms with van der Waals surface area (Å²) in [6, 6.07) is 7.98. The molecule has 90 valence electrons. The van der Waals surface area contributed by atoms with E-state index >= 15 is 0 Å². The summed E-state index contributed by atoms with van der Waals surface area (Å²) in [5.74, 6) is 1.28. The molecule has 1 fully saturated rings. The third-order valence-electron chi connectivity index (χ3n) is 3.96. The number of fused-ring (bicyclic) bond motifs is 1. The van der Waals surface area contributed by atoms with Crippen molar-refractivity contribution in [2.24, 2.45) is 5.92 Å². The monoisotopic (exact) mass is 230 g/mol. The largest absolute Gasteiger partial charge is 0.461 e. The molecule has 0 spiro atoms. The Morgan fingerprint density at radius 3 is 2.71 bits per heavy atom. The van der Waals surface area contributed by atoms with E-state index in [1.54, 1.807) is 0 Å². The molecule has 1 atom stereocenters. The molecule has 1 aliphatic rings. The molecule has 1 saturated carbocycles. The second kappa shape index (κ2) is 4.19. The van der Waals surface area contributed by atoms with Gasteiger partial charge in [0.2, 0.25) is 0 Å². The lowest BCUT2D eigenvalue weighted by Gasteiger charge is -2.17. The summed E-state index contributed by atoms with van der Waals surface area (Å²) in [7, 11) is 0. The quantitative estimate of drug-likeness (QED) is 0.847. The van der Waals surface area contributed by atoms with Crippen LogP contribution in [0.15, 0.2) is 28.7 Å². The van der Waals surface area contributed by atoms with Gasteiger partial charge in [0.15, 0.2) is 0 Å². The van der Waals surface area contributed by atoms with Crippen LogP contribution in [0.2, 0.25) is 0 Å². The fraction of sp³-hybridized carbons (Fsp3) is 0.467. The molecule has 0 saturated heterocycles. The molecule has 0 radical (unpaired) electrons. The highest BCUT2D eigenvalue weighted by Crippen LogP contribution is 2.40. The van der Waals surface area contributed by atoms with Crippen molar-refractivity contribution < 1.29 is 9.52 Å². The molecule has 1 aliphatic carbocycles. The smallest absolute Gasteiger partial charge is 0.134 e. The van der Waals surface area contributed by atoms with Crippen LogP contribution in [0.3, 0.4) is 0 Å². The van der Waals surface area contributed by atoms with Crippen LogP contribution in [0.1, 0.15) is 43.1 Å². The molecule has 1 aromatic heterocycles. The minimum Gasteiger partial charge on any atom is -0.461 e. The number of benzene rings is 1. The Morgan fingerprint density at radius 2 is 1.94 bits per heavy atom. The van der Waals surface area contributed by atoms with Gasteiger partial charge in [0.25, 0.3) is 0 Å². The zero-order valence-electron chi connectivity index (χ0n) is 10.1. The van der Waals surface area contributed by atoms with Crippen molar-refractivity contribution in [1.29, 1.82) is 0 Å². The molecular formula is C15H18O2. The highest BCUT2D eigenvalue weighted by atomic mass is 16.3. The first kappa shape index (κ1) is 10.8. The van der Waals surface area contributed by atoms with Gasteiger partial charge in [-0.15, -0.1) is 0 Å². The van der Waals surface area contributed by atoms with E-state index in [1.165, 1.54) is 12.8 Å². The average Bonchev–Trinajstić information content (AvgIpc) is 2.94. The van der Waals surface area contributed by atoms with Gasteiger partial charge in [0.1, 0.15) is 11.3 Å². The number of rotatable bonds is 2. The van der Waals surface area contributed by atoms with E-state index in [9.17, 15) is 5.11 Å². The maximum Gasteiger partial charge on any atom is 0.134 e. The molecule has 2 heteroatoms. The SMILES string of the molecule is Cc1oc2ccccc2c1C(O)C1CCCC1. The maximum absolute atomic E-state index is 10.5. The Balaban J connectivity index is 2.06. The van der Waals surface area contributed by atoms with E-state index in [4.69, 9.17) is 4.42 Å². The highest BCUT2D eigenvalue weighted by Gasteiger charge is 2.28. The first-order chi connectivity index (χ1) is 8.27. The lowest BCUT2D eigenvalue weighted by Crippen LogP contribution is -2.09. The summed E-state index contributed by atoms with van der Waals surface area (Å²) in [5.41, 5.74) is 1.89. The van der Waals surface area contributed by atoms with Gasteiger partial charge in [-0.2, -0.15) is 0 Å². The fourth-order valence-corrected chi connectivity index (χ4v) is 3.06. The van der Waals surface area contributed by atoms with Crippen LogP contribution in [0, 0.1) is 12.8 Å². The van der Waals surface area contributed by atoms with E-state index in [1.807, 2.05) is 31.2 Å². The molecule has 1 N–H and O–H groups in total. The van der Waals surface area contributed by atoms with E-state index in [0.717, 1.165) is 35.1 Å². The predicted molar refractivity (Wildman–Crippen MR) is 67.9 cm³/mol. The van der Waals surface area contributed by atoms with Crippen molar-refractivity contribution in [3.05, 3.63) is 35.6 Å². The second-order valence-corrected chi connectivity index (χ2v) is 5.06. The average molecular weight is 230 g/mol. The summed E-state index contributed by atoms with van der Waals surface area (Å²) in [5, 5.41) is 11.6. The van der Waals surface area contributed by atoms with Crippen LogP contribution in [0.4, 0.5) is 0 Å². The molecule has 2 aromatic rings. The van der Waals surface area contributed by atoms with Crippen molar-refractivity contribution in [3.8, 4) is 0 Å². The molecule has 0 aliphatic heterocycles. The molecule has 1 unspecified atom stereocenters. The normalized spacial score (nSPS) is 18.9. The second-order valence-electron chi connectivity index (χ2n) is 5.06. The van der Waals surface area contributed by atoms with Gasteiger partial charge in [0, 0.05) is 10.9 Å². The van der Waals surface area contributed by atoms with Crippen LogP contribution < -0.4 is 0 Å². The standard InChI is InChI=1S/C15H18O2/c1-10-14(15(16)11-6-2-3-7-11)12-8-4-5-9-13(12)17-10/h4-5,8-9,11,15-16H,2-3,6-7H2,1H3. The zero-order valence-corrected chi connectivity index (χ0v) is 10.1. The Morgan fingerprint density at radius 1 is 1.24 bits per heavy atom. The molecular weight excluding hydrogens is 212 g/mol. The molecule has 1 aromatic carbocycles. The van der Waals surface area contributed by atoms with Gasteiger partial charge in [-0.3, -0.25) is 0 Å². The predicted octanol–water partition coefficient (Wildman–Crippen LogP) is 3.96. The van der Waals surface area contributed by atoms with E-state index in [-0.39, 0.29) is 6.10 Å². The highest BCUT2D eigenvalue weighted by molar-refractivity contribution is 5.82. The summed E-state index contributed by atoms with van der Waals surface area (Å²) in [4.78, 5) is 0. The Labute approximate surface area is 101 Å². The number of aliphatic hydroxyl groups excluding tert-OH is 1. The van der Waals surface area contributed by atoms with Crippen molar-refractivity contribution in [1.82, 2.24) is 0 Å². The Hall–Kier alpha value is -1.28. The third-order valence-corrected chi connectivity index (χ3v) is 3.96.